The number of benzene rings is 3. The molecule has 6 nitrogen and oxygen atoms in total. The summed E-state index contributed by atoms with van der Waals surface area (Å²) in [5, 5.41) is 0.499. The van der Waals surface area contributed by atoms with Crippen LogP contribution < -0.4 is 5.56 Å². The molecule has 1 heterocycles. The van der Waals surface area contributed by atoms with Gasteiger partial charge < -0.3 is 9.88 Å². The molecule has 1 amide bonds. The molecule has 0 saturated carbocycles. The van der Waals surface area contributed by atoms with Gasteiger partial charge in [-0.3, -0.25) is 14.4 Å². The minimum Gasteiger partial charge on any atom is -0.331 e. The summed E-state index contributed by atoms with van der Waals surface area (Å²) in [4.78, 5) is 47.5. The Morgan fingerprint density at radius 1 is 0.871 bits per heavy atom. The Morgan fingerprint density at radius 2 is 1.52 bits per heavy atom. The number of H-pyrrole nitrogens is 1. The van der Waals surface area contributed by atoms with Crippen LogP contribution in [0.1, 0.15) is 39.0 Å². The van der Waals surface area contributed by atoms with Gasteiger partial charge in [-0.1, -0.05) is 60.7 Å². The molecule has 4 aromatic rings. The molecule has 3 aromatic carbocycles. The maximum atomic E-state index is 13.3. The van der Waals surface area contributed by atoms with E-state index in [2.05, 4.69) is 9.97 Å². The van der Waals surface area contributed by atoms with Crippen LogP contribution in [0.3, 0.4) is 0 Å². The van der Waals surface area contributed by atoms with Crippen molar-refractivity contribution in [3.63, 3.8) is 0 Å². The molecule has 31 heavy (non-hydrogen) atoms. The lowest BCUT2D eigenvalue weighted by Gasteiger charge is -2.21. The average Bonchev–Trinajstić information content (AvgIpc) is 2.82. The summed E-state index contributed by atoms with van der Waals surface area (Å²) in [5.41, 5.74) is 1.51. The number of para-hydroxylation sites is 1. The molecule has 0 unspecified atom stereocenters. The fourth-order valence-electron chi connectivity index (χ4n) is 3.50. The van der Waals surface area contributed by atoms with Crippen LogP contribution in [0.5, 0.6) is 0 Å². The smallest absolute Gasteiger partial charge is 0.258 e. The van der Waals surface area contributed by atoms with Crippen LogP contribution in [0.4, 0.5) is 0 Å². The van der Waals surface area contributed by atoms with Crippen molar-refractivity contribution in [2.24, 2.45) is 0 Å². The van der Waals surface area contributed by atoms with Crippen LogP contribution in [0.2, 0.25) is 0 Å². The molecular weight excluding hydrogens is 390 g/mol. The summed E-state index contributed by atoms with van der Waals surface area (Å²) in [6.45, 7) is 2.37. The maximum absolute atomic E-state index is 13.3. The SMILES string of the molecule is CCN(Cc1nc2ccccc2c(=O)[nH]1)C(=O)c1ccccc1C(=O)c1ccccc1. The van der Waals surface area contributed by atoms with Crippen molar-refractivity contribution in [2.75, 3.05) is 6.54 Å². The summed E-state index contributed by atoms with van der Waals surface area (Å²) in [5.74, 6) is -0.109. The van der Waals surface area contributed by atoms with Gasteiger partial charge in [0, 0.05) is 17.7 Å². The second-order valence-corrected chi connectivity index (χ2v) is 7.09. The number of aromatic amines is 1. The minimum atomic E-state index is -0.293. The highest BCUT2D eigenvalue weighted by Gasteiger charge is 2.22. The number of carbonyl (C=O) groups is 2. The Morgan fingerprint density at radius 3 is 2.26 bits per heavy atom. The summed E-state index contributed by atoms with van der Waals surface area (Å²) in [7, 11) is 0. The van der Waals surface area contributed by atoms with Crippen molar-refractivity contribution in [1.82, 2.24) is 14.9 Å². The van der Waals surface area contributed by atoms with Gasteiger partial charge in [0.25, 0.3) is 11.5 Å². The summed E-state index contributed by atoms with van der Waals surface area (Å²) >= 11 is 0. The Labute approximate surface area is 179 Å². The van der Waals surface area contributed by atoms with Crippen LogP contribution in [-0.4, -0.2) is 33.1 Å². The average molecular weight is 411 g/mol. The molecular formula is C25H21N3O3. The number of rotatable bonds is 6. The fraction of sp³-hybridized carbons (Fsp3) is 0.120. The lowest BCUT2D eigenvalue weighted by molar-refractivity contribution is 0.0744. The van der Waals surface area contributed by atoms with Crippen LogP contribution in [0, 0.1) is 0 Å². The van der Waals surface area contributed by atoms with E-state index >= 15 is 0 Å². The molecule has 1 aromatic heterocycles. The first-order valence-corrected chi connectivity index (χ1v) is 10.0. The molecule has 0 radical (unpaired) electrons. The highest BCUT2D eigenvalue weighted by molar-refractivity contribution is 6.15. The predicted molar refractivity (Wildman–Crippen MR) is 119 cm³/mol. The van der Waals surface area contributed by atoms with E-state index in [9.17, 15) is 14.4 Å². The summed E-state index contributed by atoms with van der Waals surface area (Å²) in [6, 6.07) is 22.7. The molecule has 0 spiro atoms. The molecule has 1 N–H and O–H groups in total. The number of nitrogens with zero attached hydrogens (tertiary/aromatic N) is 2. The first-order valence-electron chi connectivity index (χ1n) is 10.0. The Bertz CT molecular complexity index is 1310. The molecule has 0 bridgehead atoms. The zero-order valence-electron chi connectivity index (χ0n) is 17.0. The third-order valence-corrected chi connectivity index (χ3v) is 5.11. The first-order chi connectivity index (χ1) is 15.1. The lowest BCUT2D eigenvalue weighted by Crippen LogP contribution is -2.33. The maximum Gasteiger partial charge on any atom is 0.258 e. The third-order valence-electron chi connectivity index (χ3n) is 5.11. The Balaban J connectivity index is 1.66. The minimum absolute atomic E-state index is 0.128. The van der Waals surface area contributed by atoms with Crippen LogP contribution in [0.25, 0.3) is 10.9 Å². The Hall–Kier alpha value is -4.06. The van der Waals surface area contributed by atoms with Gasteiger partial charge in [0.1, 0.15) is 5.82 Å². The summed E-state index contributed by atoms with van der Waals surface area (Å²) in [6.07, 6.45) is 0. The molecule has 0 aliphatic heterocycles. The number of hydrogen-bond donors (Lipinski definition) is 1. The van der Waals surface area contributed by atoms with E-state index in [0.29, 0.717) is 40.0 Å². The van der Waals surface area contributed by atoms with Crippen molar-refractivity contribution in [3.05, 3.63) is 112 Å². The topological polar surface area (TPSA) is 83.1 Å². The van der Waals surface area contributed by atoms with E-state index in [1.165, 1.54) is 0 Å². The largest absolute Gasteiger partial charge is 0.331 e. The molecule has 4 rings (SSSR count). The zero-order valence-corrected chi connectivity index (χ0v) is 17.0. The van der Waals surface area contributed by atoms with Crippen molar-refractivity contribution in [3.8, 4) is 0 Å². The molecule has 6 heteroatoms. The highest BCUT2D eigenvalue weighted by atomic mass is 16.2. The number of carbonyl (C=O) groups excluding carboxylic acids is 2. The number of hydrogen-bond acceptors (Lipinski definition) is 4. The van der Waals surface area contributed by atoms with E-state index in [1.54, 1.807) is 71.6 Å². The van der Waals surface area contributed by atoms with Gasteiger partial charge in [-0.05, 0) is 25.1 Å². The number of amides is 1. The van der Waals surface area contributed by atoms with E-state index in [1.807, 2.05) is 19.1 Å². The van der Waals surface area contributed by atoms with Crippen LogP contribution in [0.15, 0.2) is 83.7 Å². The van der Waals surface area contributed by atoms with E-state index in [4.69, 9.17) is 0 Å². The molecule has 0 atom stereocenters. The number of ketones is 1. The lowest BCUT2D eigenvalue weighted by atomic mass is 9.97. The zero-order chi connectivity index (χ0) is 21.8. The van der Waals surface area contributed by atoms with Gasteiger partial charge in [-0.2, -0.15) is 0 Å². The van der Waals surface area contributed by atoms with Crippen LogP contribution in [-0.2, 0) is 6.54 Å². The molecule has 0 saturated heterocycles. The molecule has 0 fully saturated rings. The van der Waals surface area contributed by atoms with Crippen molar-refractivity contribution in [1.29, 1.82) is 0 Å². The quantitative estimate of drug-likeness (QED) is 0.489. The van der Waals surface area contributed by atoms with E-state index in [-0.39, 0.29) is 23.8 Å². The molecule has 154 valence electrons. The number of fused-ring (bicyclic) bond motifs is 1. The van der Waals surface area contributed by atoms with Gasteiger partial charge in [-0.25, -0.2) is 4.98 Å². The van der Waals surface area contributed by atoms with Gasteiger partial charge in [-0.15, -0.1) is 0 Å². The predicted octanol–water partition coefficient (Wildman–Crippen LogP) is 3.82. The normalized spacial score (nSPS) is 10.7. The van der Waals surface area contributed by atoms with Crippen molar-refractivity contribution >= 4 is 22.6 Å². The second kappa shape index (κ2) is 8.75. The van der Waals surface area contributed by atoms with Crippen molar-refractivity contribution < 1.29 is 9.59 Å². The third kappa shape index (κ3) is 4.14. The Kier molecular flexibility index (Phi) is 5.71. The van der Waals surface area contributed by atoms with Gasteiger partial charge in [0.15, 0.2) is 5.78 Å². The standard InChI is InChI=1S/C25H21N3O3/c1-2-28(16-22-26-21-15-9-8-14-20(21)24(30)27-22)25(31)19-13-7-6-12-18(19)23(29)17-10-4-3-5-11-17/h3-15H,2,16H2,1H3,(H,26,27,30). The van der Waals surface area contributed by atoms with Crippen LogP contribution >= 0.6 is 0 Å². The fourth-order valence-corrected chi connectivity index (χ4v) is 3.50. The highest BCUT2D eigenvalue weighted by Crippen LogP contribution is 2.18. The van der Waals surface area contributed by atoms with Crippen molar-refractivity contribution in [2.45, 2.75) is 13.5 Å². The monoisotopic (exact) mass is 411 g/mol. The number of aromatic nitrogens is 2. The summed E-state index contributed by atoms with van der Waals surface area (Å²) < 4.78 is 0. The number of nitrogens with one attached hydrogen (secondary N) is 1. The van der Waals surface area contributed by atoms with Gasteiger partial charge in [0.2, 0.25) is 0 Å². The molecule has 0 aliphatic rings. The van der Waals surface area contributed by atoms with Gasteiger partial charge in [0.05, 0.1) is 23.0 Å². The van der Waals surface area contributed by atoms with Gasteiger partial charge >= 0.3 is 0 Å². The first kappa shape index (κ1) is 20.2. The second-order valence-electron chi connectivity index (χ2n) is 7.09. The molecule has 0 aliphatic carbocycles. The van der Waals surface area contributed by atoms with E-state index < -0.39 is 0 Å². The van der Waals surface area contributed by atoms with E-state index in [0.717, 1.165) is 0 Å².